The number of nitrogens with zero attached hydrogens (tertiary/aromatic N) is 7. The molecule has 38 heavy (non-hydrogen) atoms. The summed E-state index contributed by atoms with van der Waals surface area (Å²) in [5.41, 5.74) is 4.13. The van der Waals surface area contributed by atoms with Crippen molar-refractivity contribution in [2.75, 3.05) is 19.6 Å². The number of hydrogen-bond acceptors (Lipinski definition) is 7. The average Bonchev–Trinajstić information content (AvgIpc) is 3.47. The Morgan fingerprint density at radius 2 is 1.79 bits per heavy atom. The number of hydrogen-bond donors (Lipinski definition) is 0. The van der Waals surface area contributed by atoms with Crippen molar-refractivity contribution >= 4 is 17.5 Å². The van der Waals surface area contributed by atoms with Crippen molar-refractivity contribution in [3.8, 4) is 11.3 Å². The van der Waals surface area contributed by atoms with Gasteiger partial charge in [-0.1, -0.05) is 44.5 Å². The Morgan fingerprint density at radius 3 is 2.42 bits per heavy atom. The quantitative estimate of drug-likeness (QED) is 0.404. The van der Waals surface area contributed by atoms with Crippen LogP contribution in [0.15, 0.2) is 40.9 Å². The van der Waals surface area contributed by atoms with Crippen molar-refractivity contribution in [1.82, 2.24) is 34.6 Å². The highest BCUT2D eigenvalue weighted by molar-refractivity contribution is 5.94. The summed E-state index contributed by atoms with van der Waals surface area (Å²) >= 11 is 0. The molecule has 1 aliphatic rings. The van der Waals surface area contributed by atoms with E-state index in [1.54, 1.807) is 27.4 Å². The standard InChI is InChI=1S/C28H33N7O3/c1-17-9-8-10-19(13-17)21-14-20(27(3,4)5)23-29-22(15-35(23)32-21)25(36)34-12-11-33(16-28(34,6)7)26(37)24-31-30-18(2)38-24/h8-10,13-15H,11-12,16H2,1-7H3. The molecule has 0 unspecified atom stereocenters. The van der Waals surface area contributed by atoms with Gasteiger partial charge in [0.25, 0.3) is 5.91 Å². The Kier molecular flexibility index (Phi) is 6.08. The number of imidazole rings is 1. The largest absolute Gasteiger partial charge is 0.417 e. The minimum atomic E-state index is -0.636. The first-order chi connectivity index (χ1) is 17.8. The van der Waals surface area contributed by atoms with E-state index in [-0.39, 0.29) is 23.1 Å². The molecule has 10 nitrogen and oxygen atoms in total. The van der Waals surface area contributed by atoms with Gasteiger partial charge < -0.3 is 14.2 Å². The van der Waals surface area contributed by atoms with Gasteiger partial charge >= 0.3 is 11.8 Å². The van der Waals surface area contributed by atoms with Crippen LogP contribution in [0.25, 0.3) is 16.9 Å². The van der Waals surface area contributed by atoms with Gasteiger partial charge in [-0.05, 0) is 38.3 Å². The summed E-state index contributed by atoms with van der Waals surface area (Å²) in [5, 5.41) is 12.4. The molecule has 4 heterocycles. The summed E-state index contributed by atoms with van der Waals surface area (Å²) in [4.78, 5) is 34.8. The lowest BCUT2D eigenvalue weighted by molar-refractivity contribution is 0.0150. The van der Waals surface area contributed by atoms with E-state index in [0.29, 0.717) is 36.9 Å². The van der Waals surface area contributed by atoms with Gasteiger partial charge in [0.2, 0.25) is 5.89 Å². The molecule has 0 saturated carbocycles. The van der Waals surface area contributed by atoms with Crippen LogP contribution in [0.5, 0.6) is 0 Å². The van der Waals surface area contributed by atoms with Crippen molar-refractivity contribution in [2.24, 2.45) is 0 Å². The highest BCUT2D eigenvalue weighted by Crippen LogP contribution is 2.31. The molecule has 3 aromatic heterocycles. The number of amides is 2. The van der Waals surface area contributed by atoms with Gasteiger partial charge in [-0.25, -0.2) is 9.50 Å². The van der Waals surface area contributed by atoms with Crippen LogP contribution in [0.1, 0.15) is 72.8 Å². The molecule has 2 amide bonds. The van der Waals surface area contributed by atoms with E-state index in [4.69, 9.17) is 14.5 Å². The van der Waals surface area contributed by atoms with Gasteiger partial charge in [0.15, 0.2) is 5.65 Å². The molecule has 0 aliphatic carbocycles. The van der Waals surface area contributed by atoms with Crippen LogP contribution in [-0.4, -0.2) is 71.6 Å². The van der Waals surface area contributed by atoms with Crippen molar-refractivity contribution < 1.29 is 14.0 Å². The van der Waals surface area contributed by atoms with Gasteiger partial charge in [-0.15, -0.1) is 10.2 Å². The minimum absolute atomic E-state index is 0.0383. The van der Waals surface area contributed by atoms with Crippen LogP contribution < -0.4 is 0 Å². The molecule has 1 saturated heterocycles. The van der Waals surface area contributed by atoms with Crippen molar-refractivity contribution in [1.29, 1.82) is 0 Å². The predicted molar refractivity (Wildman–Crippen MR) is 142 cm³/mol. The SMILES string of the molecule is Cc1cccc(-c2cc(C(C)(C)C)c3nc(C(=O)N4CCN(C(=O)c5nnc(C)o5)CC4(C)C)cn3n2)c1. The molecule has 4 aromatic rings. The highest BCUT2D eigenvalue weighted by Gasteiger charge is 2.40. The summed E-state index contributed by atoms with van der Waals surface area (Å²) < 4.78 is 7.04. The normalized spacial score (nSPS) is 15.8. The van der Waals surface area contributed by atoms with E-state index in [2.05, 4.69) is 56.1 Å². The van der Waals surface area contributed by atoms with Crippen LogP contribution in [0.4, 0.5) is 0 Å². The fraction of sp³-hybridized carbons (Fsp3) is 0.429. The zero-order valence-electron chi connectivity index (χ0n) is 22.9. The Labute approximate surface area is 221 Å². The molecule has 0 bridgehead atoms. The molecule has 0 atom stereocenters. The van der Waals surface area contributed by atoms with Crippen LogP contribution in [-0.2, 0) is 5.41 Å². The van der Waals surface area contributed by atoms with Gasteiger partial charge in [-0.3, -0.25) is 9.59 Å². The number of carbonyl (C=O) groups excluding carboxylic acids is 2. The van der Waals surface area contributed by atoms with E-state index in [1.807, 2.05) is 26.0 Å². The molecule has 10 heteroatoms. The van der Waals surface area contributed by atoms with E-state index in [0.717, 1.165) is 22.4 Å². The Balaban J connectivity index is 1.46. The molecule has 1 aromatic carbocycles. The lowest BCUT2D eigenvalue weighted by atomic mass is 9.87. The van der Waals surface area contributed by atoms with Gasteiger partial charge in [0.1, 0.15) is 5.69 Å². The maximum Gasteiger partial charge on any atom is 0.311 e. The third kappa shape index (κ3) is 4.66. The van der Waals surface area contributed by atoms with Gasteiger partial charge in [0.05, 0.1) is 17.4 Å². The molecule has 0 spiro atoms. The first-order valence-corrected chi connectivity index (χ1v) is 12.7. The fourth-order valence-corrected chi connectivity index (χ4v) is 4.94. The molecule has 198 valence electrons. The molecule has 0 N–H and O–H groups in total. The van der Waals surface area contributed by atoms with Crippen molar-refractivity contribution in [3.63, 3.8) is 0 Å². The first kappa shape index (κ1) is 25.6. The number of aryl methyl sites for hydroxylation is 2. The van der Waals surface area contributed by atoms with E-state index in [1.165, 1.54) is 0 Å². The molecular formula is C28H33N7O3. The fourth-order valence-electron chi connectivity index (χ4n) is 4.94. The Bertz CT molecular complexity index is 1540. The minimum Gasteiger partial charge on any atom is -0.417 e. The second kappa shape index (κ2) is 9.04. The van der Waals surface area contributed by atoms with E-state index in [9.17, 15) is 9.59 Å². The maximum absolute atomic E-state index is 13.8. The monoisotopic (exact) mass is 515 g/mol. The second-order valence-corrected chi connectivity index (χ2v) is 11.6. The number of rotatable bonds is 3. The summed E-state index contributed by atoms with van der Waals surface area (Å²) in [6, 6.07) is 10.3. The summed E-state index contributed by atoms with van der Waals surface area (Å²) in [5.74, 6) is -0.231. The molecule has 0 radical (unpaired) electrons. The maximum atomic E-state index is 13.8. The summed E-state index contributed by atoms with van der Waals surface area (Å²) in [6.07, 6.45) is 1.71. The van der Waals surface area contributed by atoms with Crippen molar-refractivity contribution in [3.05, 3.63) is 65.1 Å². The van der Waals surface area contributed by atoms with Gasteiger partial charge in [-0.2, -0.15) is 5.10 Å². The summed E-state index contributed by atoms with van der Waals surface area (Å²) in [6.45, 7) is 15.0. The van der Waals surface area contributed by atoms with E-state index >= 15 is 0 Å². The third-order valence-electron chi connectivity index (χ3n) is 6.91. The Hall–Kier alpha value is -4.08. The lowest BCUT2D eigenvalue weighted by Crippen LogP contribution is -2.62. The van der Waals surface area contributed by atoms with E-state index < -0.39 is 5.54 Å². The van der Waals surface area contributed by atoms with Crippen LogP contribution in [0.3, 0.4) is 0 Å². The first-order valence-electron chi connectivity index (χ1n) is 12.7. The van der Waals surface area contributed by atoms with Crippen LogP contribution >= 0.6 is 0 Å². The lowest BCUT2D eigenvalue weighted by Gasteiger charge is -2.46. The number of aromatic nitrogens is 5. The highest BCUT2D eigenvalue weighted by atomic mass is 16.4. The predicted octanol–water partition coefficient (Wildman–Crippen LogP) is 4.07. The van der Waals surface area contributed by atoms with Crippen molar-refractivity contribution in [2.45, 2.75) is 59.4 Å². The molecule has 5 rings (SSSR count). The molecular weight excluding hydrogens is 482 g/mol. The third-order valence-corrected chi connectivity index (χ3v) is 6.91. The number of carbonyl (C=O) groups is 2. The summed E-state index contributed by atoms with van der Waals surface area (Å²) in [7, 11) is 0. The topological polar surface area (TPSA) is 110 Å². The van der Waals surface area contributed by atoms with Crippen LogP contribution in [0, 0.1) is 13.8 Å². The zero-order chi connectivity index (χ0) is 27.4. The number of benzene rings is 1. The second-order valence-electron chi connectivity index (χ2n) is 11.6. The number of fused-ring (bicyclic) bond motifs is 1. The smallest absolute Gasteiger partial charge is 0.311 e. The van der Waals surface area contributed by atoms with Crippen LogP contribution in [0.2, 0.25) is 0 Å². The molecule has 1 fully saturated rings. The zero-order valence-corrected chi connectivity index (χ0v) is 22.9. The number of piperazine rings is 1. The van der Waals surface area contributed by atoms with Gasteiger partial charge in [0, 0.05) is 37.7 Å². The average molecular weight is 516 g/mol. The molecule has 1 aliphatic heterocycles. The Morgan fingerprint density at radius 1 is 1.03 bits per heavy atom.